The highest BCUT2D eigenvalue weighted by molar-refractivity contribution is 5.63. The maximum absolute atomic E-state index is 5.33. The van der Waals surface area contributed by atoms with Gasteiger partial charge in [-0.05, 0) is 31.5 Å². The molecule has 0 spiro atoms. The van der Waals surface area contributed by atoms with Crippen molar-refractivity contribution in [2.75, 3.05) is 7.11 Å². The molecule has 1 aromatic carbocycles. The van der Waals surface area contributed by atoms with E-state index in [1.165, 1.54) is 0 Å². The molecule has 7 heteroatoms. The van der Waals surface area contributed by atoms with Crippen LogP contribution in [0, 0.1) is 6.92 Å². The molecule has 0 saturated heterocycles. The molecule has 0 saturated carbocycles. The Morgan fingerprint density at radius 2 is 2.17 bits per heavy atom. The second kappa shape index (κ2) is 7.27. The van der Waals surface area contributed by atoms with E-state index in [9.17, 15) is 0 Å². The number of aromatic nitrogens is 4. The van der Waals surface area contributed by atoms with Gasteiger partial charge >= 0.3 is 0 Å². The van der Waals surface area contributed by atoms with Crippen LogP contribution in [0.2, 0.25) is 0 Å². The number of nitrogens with zero attached hydrogens (tertiary/aromatic N) is 4. The second-order valence-electron chi connectivity index (χ2n) is 5.73. The molecule has 0 aliphatic heterocycles. The van der Waals surface area contributed by atoms with Crippen molar-refractivity contribution in [2.24, 2.45) is 0 Å². The van der Waals surface area contributed by atoms with E-state index in [0.717, 1.165) is 23.4 Å². The number of aryl methyl sites for hydroxylation is 1. The van der Waals surface area contributed by atoms with Gasteiger partial charge in [-0.2, -0.15) is 10.1 Å². The summed E-state index contributed by atoms with van der Waals surface area (Å²) in [5.41, 5.74) is 1.97. The summed E-state index contributed by atoms with van der Waals surface area (Å²) < 4.78 is 12.6. The van der Waals surface area contributed by atoms with E-state index in [2.05, 4.69) is 27.5 Å². The summed E-state index contributed by atoms with van der Waals surface area (Å²) in [7, 11) is 1.63. The number of rotatable bonds is 7. The number of ether oxygens (including phenoxy) is 1. The molecule has 2 heterocycles. The molecule has 0 unspecified atom stereocenters. The molecule has 7 nitrogen and oxygen atoms in total. The monoisotopic (exact) mass is 327 g/mol. The predicted molar refractivity (Wildman–Crippen MR) is 89.6 cm³/mol. The average molecular weight is 327 g/mol. The maximum Gasteiger partial charge on any atom is 0.240 e. The Morgan fingerprint density at radius 1 is 1.33 bits per heavy atom. The van der Waals surface area contributed by atoms with Crippen LogP contribution in [0.4, 0.5) is 0 Å². The van der Waals surface area contributed by atoms with Gasteiger partial charge in [0.1, 0.15) is 5.75 Å². The molecule has 0 amide bonds. The Labute approximate surface area is 140 Å². The average Bonchev–Trinajstić information content (AvgIpc) is 3.22. The summed E-state index contributed by atoms with van der Waals surface area (Å²) in [6.45, 7) is 5.40. The van der Waals surface area contributed by atoms with Crippen LogP contribution in [0.3, 0.4) is 0 Å². The third-order valence-electron chi connectivity index (χ3n) is 3.64. The third kappa shape index (κ3) is 3.80. The van der Waals surface area contributed by atoms with Crippen molar-refractivity contribution in [1.29, 1.82) is 0 Å². The topological polar surface area (TPSA) is 78.0 Å². The molecular formula is C17H21N5O2. The van der Waals surface area contributed by atoms with Crippen LogP contribution < -0.4 is 10.1 Å². The predicted octanol–water partition coefficient (Wildman–Crippen LogP) is 2.43. The minimum atomic E-state index is 0.228. The minimum absolute atomic E-state index is 0.228. The van der Waals surface area contributed by atoms with Gasteiger partial charge in [0.15, 0.2) is 0 Å². The third-order valence-corrected chi connectivity index (χ3v) is 3.64. The molecule has 126 valence electrons. The Hall–Kier alpha value is -2.67. The second-order valence-corrected chi connectivity index (χ2v) is 5.73. The molecule has 3 aromatic rings. The van der Waals surface area contributed by atoms with E-state index in [0.29, 0.717) is 18.3 Å². The number of hydrogen-bond acceptors (Lipinski definition) is 6. The highest BCUT2D eigenvalue weighted by Gasteiger charge is 2.13. The van der Waals surface area contributed by atoms with Gasteiger partial charge in [-0.25, -0.2) is 0 Å². The molecule has 0 fully saturated rings. The van der Waals surface area contributed by atoms with Crippen LogP contribution in [-0.2, 0) is 13.1 Å². The van der Waals surface area contributed by atoms with Crippen molar-refractivity contribution in [3.05, 3.63) is 48.1 Å². The molecule has 0 aliphatic rings. The van der Waals surface area contributed by atoms with Crippen LogP contribution in [-0.4, -0.2) is 33.1 Å². The van der Waals surface area contributed by atoms with Crippen LogP contribution in [0.5, 0.6) is 5.75 Å². The van der Waals surface area contributed by atoms with Crippen molar-refractivity contribution in [2.45, 2.75) is 33.0 Å². The van der Waals surface area contributed by atoms with Crippen molar-refractivity contribution in [1.82, 2.24) is 25.2 Å². The molecule has 3 rings (SSSR count). The summed E-state index contributed by atoms with van der Waals surface area (Å²) in [5.74, 6) is 1.79. The summed E-state index contributed by atoms with van der Waals surface area (Å²) in [6.07, 6.45) is 3.87. The fourth-order valence-corrected chi connectivity index (χ4v) is 2.44. The first kappa shape index (κ1) is 16.2. The Kier molecular flexibility index (Phi) is 4.90. The summed E-state index contributed by atoms with van der Waals surface area (Å²) in [6, 6.07) is 7.83. The highest BCUT2D eigenvalue weighted by atomic mass is 16.5. The normalized spacial score (nSPS) is 12.3. The number of para-hydroxylation sites is 1. The number of benzene rings is 1. The first-order valence-corrected chi connectivity index (χ1v) is 7.84. The lowest BCUT2D eigenvalue weighted by atomic mass is 10.2. The number of hydrogen-bond donors (Lipinski definition) is 1. The fourth-order valence-electron chi connectivity index (χ4n) is 2.44. The van der Waals surface area contributed by atoms with E-state index in [1.807, 2.05) is 48.3 Å². The summed E-state index contributed by atoms with van der Waals surface area (Å²) in [5, 5.41) is 11.7. The molecule has 0 radical (unpaired) electrons. The van der Waals surface area contributed by atoms with Gasteiger partial charge in [-0.3, -0.25) is 4.68 Å². The molecule has 0 bridgehead atoms. The van der Waals surface area contributed by atoms with Crippen molar-refractivity contribution in [3.63, 3.8) is 0 Å². The number of methoxy groups -OCH3 is 1. The standard InChI is InChI=1S/C17H21N5O2/c1-12-8-19-22(10-12)11-13(2)18-9-16-20-17(21-24-16)14-6-4-5-7-15(14)23-3/h4-8,10,13,18H,9,11H2,1-3H3/t13-/m0/s1. The van der Waals surface area contributed by atoms with Gasteiger partial charge in [-0.1, -0.05) is 17.3 Å². The van der Waals surface area contributed by atoms with Gasteiger partial charge in [-0.15, -0.1) is 0 Å². The smallest absolute Gasteiger partial charge is 0.240 e. The van der Waals surface area contributed by atoms with E-state index < -0.39 is 0 Å². The van der Waals surface area contributed by atoms with Gasteiger partial charge in [0.2, 0.25) is 11.7 Å². The van der Waals surface area contributed by atoms with Crippen LogP contribution in [0.25, 0.3) is 11.4 Å². The van der Waals surface area contributed by atoms with E-state index in [-0.39, 0.29) is 6.04 Å². The minimum Gasteiger partial charge on any atom is -0.496 e. The first-order chi connectivity index (χ1) is 11.7. The van der Waals surface area contributed by atoms with Gasteiger partial charge < -0.3 is 14.6 Å². The van der Waals surface area contributed by atoms with E-state index in [1.54, 1.807) is 7.11 Å². The van der Waals surface area contributed by atoms with Gasteiger partial charge in [0.25, 0.3) is 0 Å². The molecule has 2 aromatic heterocycles. The van der Waals surface area contributed by atoms with Gasteiger partial charge in [0, 0.05) is 12.2 Å². The first-order valence-electron chi connectivity index (χ1n) is 7.84. The maximum atomic E-state index is 5.33. The fraction of sp³-hybridized carbons (Fsp3) is 0.353. The number of nitrogens with one attached hydrogen (secondary N) is 1. The largest absolute Gasteiger partial charge is 0.496 e. The Balaban J connectivity index is 1.60. The molecule has 0 aliphatic carbocycles. The summed E-state index contributed by atoms with van der Waals surface area (Å²) >= 11 is 0. The lowest BCUT2D eigenvalue weighted by molar-refractivity contribution is 0.350. The lowest BCUT2D eigenvalue weighted by Gasteiger charge is -2.11. The molecule has 24 heavy (non-hydrogen) atoms. The van der Waals surface area contributed by atoms with E-state index >= 15 is 0 Å². The van der Waals surface area contributed by atoms with E-state index in [4.69, 9.17) is 9.26 Å². The van der Waals surface area contributed by atoms with Crippen LogP contribution in [0.15, 0.2) is 41.2 Å². The SMILES string of the molecule is COc1ccccc1-c1noc(CN[C@@H](C)Cn2cc(C)cn2)n1. The summed E-state index contributed by atoms with van der Waals surface area (Å²) in [4.78, 5) is 4.43. The molecule has 1 N–H and O–H groups in total. The zero-order valence-corrected chi connectivity index (χ0v) is 14.1. The van der Waals surface area contributed by atoms with Crippen LogP contribution in [0.1, 0.15) is 18.4 Å². The zero-order valence-electron chi connectivity index (χ0n) is 14.1. The van der Waals surface area contributed by atoms with Crippen molar-refractivity contribution < 1.29 is 9.26 Å². The van der Waals surface area contributed by atoms with Crippen molar-refractivity contribution >= 4 is 0 Å². The van der Waals surface area contributed by atoms with Crippen LogP contribution >= 0.6 is 0 Å². The zero-order chi connectivity index (χ0) is 16.9. The Bertz CT molecular complexity index is 796. The highest BCUT2D eigenvalue weighted by Crippen LogP contribution is 2.26. The Morgan fingerprint density at radius 3 is 2.92 bits per heavy atom. The lowest BCUT2D eigenvalue weighted by Crippen LogP contribution is -2.30. The van der Waals surface area contributed by atoms with Gasteiger partial charge in [0.05, 0.1) is 32.0 Å². The van der Waals surface area contributed by atoms with Crippen molar-refractivity contribution in [3.8, 4) is 17.1 Å². The molecule has 1 atom stereocenters. The quantitative estimate of drug-likeness (QED) is 0.718. The molecular weight excluding hydrogens is 306 g/mol.